The number of hydrogen-bond donors (Lipinski definition) is 1. The molecule has 3 rings (SSSR count). The van der Waals surface area contributed by atoms with Crippen LogP contribution in [0, 0.1) is 5.82 Å². The van der Waals surface area contributed by atoms with Gasteiger partial charge in [0, 0.05) is 14.1 Å². The molecular weight excluding hydrogens is 361 g/mol. The molecule has 1 amide bonds. The van der Waals surface area contributed by atoms with Gasteiger partial charge in [0.1, 0.15) is 5.82 Å². The highest BCUT2D eigenvalue weighted by atomic mass is 32.2. The molecule has 3 aromatic rings. The Morgan fingerprint density at radius 1 is 1.19 bits per heavy atom. The van der Waals surface area contributed by atoms with Crippen molar-refractivity contribution in [1.82, 2.24) is 18.7 Å². The Bertz CT molecular complexity index is 1110. The number of benzene rings is 1. The molecule has 8 nitrogen and oxygen atoms in total. The third kappa shape index (κ3) is 3.15. The first-order chi connectivity index (χ1) is 12.3. The first-order valence-electron chi connectivity index (χ1n) is 7.61. The summed E-state index contributed by atoms with van der Waals surface area (Å²) in [4.78, 5) is 40.3. The van der Waals surface area contributed by atoms with Crippen molar-refractivity contribution in [3.05, 3.63) is 56.5 Å². The molecule has 0 aliphatic carbocycles. The quantitative estimate of drug-likeness (QED) is 0.640. The summed E-state index contributed by atoms with van der Waals surface area (Å²) < 4.78 is 17.0. The molecule has 1 aromatic carbocycles. The minimum atomic E-state index is -0.530. The Hall–Kier alpha value is -2.88. The summed E-state index contributed by atoms with van der Waals surface area (Å²) >= 11 is 1.07. The second kappa shape index (κ2) is 6.79. The normalized spacial score (nSPS) is 11.2. The highest BCUT2D eigenvalue weighted by Crippen LogP contribution is 2.22. The number of hydrogen-bond acceptors (Lipinski definition) is 5. The monoisotopic (exact) mass is 377 g/mol. The topological polar surface area (TPSA) is 105 Å². The van der Waals surface area contributed by atoms with Gasteiger partial charge in [0.05, 0.1) is 12.3 Å². The lowest BCUT2D eigenvalue weighted by Gasteiger charge is -2.09. The number of nitrogens with zero attached hydrogens (tertiary/aromatic N) is 4. The van der Waals surface area contributed by atoms with Gasteiger partial charge in [0.25, 0.3) is 5.56 Å². The summed E-state index contributed by atoms with van der Waals surface area (Å²) in [5.74, 6) is -0.927. The number of aryl methyl sites for hydroxylation is 1. The smallest absolute Gasteiger partial charge is 0.332 e. The molecule has 2 N–H and O–H groups in total. The Morgan fingerprint density at radius 2 is 1.85 bits per heavy atom. The van der Waals surface area contributed by atoms with E-state index in [-0.39, 0.29) is 29.3 Å². The molecule has 0 aliphatic heterocycles. The maximum Gasteiger partial charge on any atom is 0.332 e. The zero-order valence-corrected chi connectivity index (χ0v) is 14.9. The van der Waals surface area contributed by atoms with Crippen molar-refractivity contribution in [3.63, 3.8) is 0 Å². The van der Waals surface area contributed by atoms with Crippen LogP contribution < -0.4 is 17.0 Å². The second-order valence-corrected chi connectivity index (χ2v) is 6.68. The lowest BCUT2D eigenvalue weighted by molar-refractivity contribution is -0.115. The van der Waals surface area contributed by atoms with Gasteiger partial charge in [-0.05, 0) is 17.7 Å². The average Bonchev–Trinajstić information content (AvgIpc) is 2.96. The van der Waals surface area contributed by atoms with E-state index < -0.39 is 17.2 Å². The lowest BCUT2D eigenvalue weighted by Crippen LogP contribution is -2.37. The van der Waals surface area contributed by atoms with Gasteiger partial charge in [-0.1, -0.05) is 23.9 Å². The highest BCUT2D eigenvalue weighted by Gasteiger charge is 2.20. The first-order valence-corrected chi connectivity index (χ1v) is 8.60. The van der Waals surface area contributed by atoms with E-state index in [9.17, 15) is 18.8 Å². The molecule has 0 radical (unpaired) electrons. The van der Waals surface area contributed by atoms with Crippen molar-refractivity contribution in [2.45, 2.75) is 11.7 Å². The van der Waals surface area contributed by atoms with E-state index in [2.05, 4.69) is 4.98 Å². The van der Waals surface area contributed by atoms with E-state index in [0.717, 1.165) is 21.9 Å². The molecule has 136 valence electrons. The largest absolute Gasteiger partial charge is 0.369 e. The number of rotatable bonds is 5. The maximum atomic E-state index is 13.2. The van der Waals surface area contributed by atoms with Crippen LogP contribution in [-0.4, -0.2) is 30.3 Å². The number of carbonyl (C=O) groups is 1. The first kappa shape index (κ1) is 17.9. The summed E-state index contributed by atoms with van der Waals surface area (Å²) in [7, 11) is 2.90. The third-order valence-electron chi connectivity index (χ3n) is 3.91. The number of amides is 1. The fourth-order valence-corrected chi connectivity index (χ4v) is 3.33. The maximum absolute atomic E-state index is 13.2. The molecule has 26 heavy (non-hydrogen) atoms. The van der Waals surface area contributed by atoms with Crippen LogP contribution in [0.4, 0.5) is 4.39 Å². The number of fused-ring (bicyclic) bond motifs is 1. The van der Waals surface area contributed by atoms with Crippen molar-refractivity contribution < 1.29 is 9.18 Å². The molecule has 0 atom stereocenters. The number of thioether (sulfide) groups is 1. The van der Waals surface area contributed by atoms with E-state index in [1.807, 2.05) is 0 Å². The average molecular weight is 377 g/mol. The van der Waals surface area contributed by atoms with E-state index >= 15 is 0 Å². The summed E-state index contributed by atoms with van der Waals surface area (Å²) in [5, 5.41) is 0.376. The summed E-state index contributed by atoms with van der Waals surface area (Å²) in [6, 6.07) is 5.82. The van der Waals surface area contributed by atoms with Crippen LogP contribution in [0.2, 0.25) is 0 Å². The number of carbonyl (C=O) groups excluding carboxylic acids is 1. The Morgan fingerprint density at radius 3 is 2.46 bits per heavy atom. The van der Waals surface area contributed by atoms with Crippen molar-refractivity contribution in [1.29, 1.82) is 0 Å². The van der Waals surface area contributed by atoms with E-state index in [1.54, 1.807) is 16.7 Å². The minimum absolute atomic E-state index is 0.0268. The van der Waals surface area contributed by atoms with Crippen LogP contribution in [0.15, 0.2) is 39.0 Å². The predicted octanol–water partition coefficient (Wildman–Crippen LogP) is 0.198. The van der Waals surface area contributed by atoms with Crippen molar-refractivity contribution in [2.24, 2.45) is 19.8 Å². The lowest BCUT2D eigenvalue weighted by atomic mass is 10.2. The van der Waals surface area contributed by atoms with Crippen LogP contribution >= 0.6 is 11.8 Å². The van der Waals surface area contributed by atoms with Gasteiger partial charge < -0.3 is 10.3 Å². The molecule has 0 saturated carbocycles. The Balaban J connectivity index is 2.23. The molecule has 10 heteroatoms. The van der Waals surface area contributed by atoms with E-state index in [1.165, 1.54) is 30.8 Å². The Labute approximate surface area is 151 Å². The number of primary amides is 1. The van der Waals surface area contributed by atoms with Gasteiger partial charge in [0.15, 0.2) is 16.3 Å². The molecule has 0 saturated heterocycles. The van der Waals surface area contributed by atoms with Crippen molar-refractivity contribution in [2.75, 3.05) is 5.75 Å². The summed E-state index contributed by atoms with van der Waals surface area (Å²) in [6.07, 6.45) is 0. The van der Waals surface area contributed by atoms with E-state index in [0.29, 0.717) is 5.16 Å². The third-order valence-corrected chi connectivity index (χ3v) is 4.91. The predicted molar refractivity (Wildman–Crippen MR) is 95.6 cm³/mol. The molecule has 0 unspecified atom stereocenters. The minimum Gasteiger partial charge on any atom is -0.369 e. The van der Waals surface area contributed by atoms with Crippen LogP contribution in [-0.2, 0) is 25.4 Å². The van der Waals surface area contributed by atoms with Gasteiger partial charge >= 0.3 is 5.69 Å². The molecular formula is C16H16FN5O3S. The molecule has 2 heterocycles. The number of halogens is 1. The number of imidazole rings is 1. The van der Waals surface area contributed by atoms with Crippen molar-refractivity contribution >= 4 is 28.8 Å². The van der Waals surface area contributed by atoms with Crippen LogP contribution in [0.5, 0.6) is 0 Å². The zero-order valence-electron chi connectivity index (χ0n) is 14.1. The SMILES string of the molecule is Cn1c(=O)c2c(nc(SCC(N)=O)n2Cc2ccc(F)cc2)n(C)c1=O. The standard InChI is InChI=1S/C16H16FN5O3S/c1-20-13-12(14(24)21(2)16(20)25)22(15(19-13)26-8-11(18)23)7-9-3-5-10(17)6-4-9/h3-6H,7-8H2,1-2H3,(H2,18,23). The molecule has 0 spiro atoms. The Kier molecular flexibility index (Phi) is 4.68. The van der Waals surface area contributed by atoms with E-state index in [4.69, 9.17) is 5.73 Å². The van der Waals surface area contributed by atoms with Crippen LogP contribution in [0.3, 0.4) is 0 Å². The number of aromatic nitrogens is 4. The molecule has 0 aliphatic rings. The van der Waals surface area contributed by atoms with Gasteiger partial charge in [-0.25, -0.2) is 14.2 Å². The summed E-state index contributed by atoms with van der Waals surface area (Å²) in [6.45, 7) is 0.227. The molecule has 2 aromatic heterocycles. The van der Waals surface area contributed by atoms with Gasteiger partial charge in [-0.2, -0.15) is 0 Å². The summed E-state index contributed by atoms with van der Waals surface area (Å²) in [5.41, 5.74) is 5.39. The molecule has 0 fully saturated rings. The van der Waals surface area contributed by atoms with Gasteiger partial charge in [0.2, 0.25) is 5.91 Å². The zero-order chi connectivity index (χ0) is 19.0. The number of nitrogens with two attached hydrogens (primary N) is 1. The van der Waals surface area contributed by atoms with Gasteiger partial charge in [-0.15, -0.1) is 0 Å². The fraction of sp³-hybridized carbons (Fsp3) is 0.250. The van der Waals surface area contributed by atoms with Crippen LogP contribution in [0.25, 0.3) is 11.2 Å². The fourth-order valence-electron chi connectivity index (χ4n) is 2.59. The second-order valence-electron chi connectivity index (χ2n) is 5.74. The van der Waals surface area contributed by atoms with Gasteiger partial charge in [-0.3, -0.25) is 18.7 Å². The van der Waals surface area contributed by atoms with Crippen molar-refractivity contribution in [3.8, 4) is 0 Å². The molecule has 0 bridgehead atoms. The van der Waals surface area contributed by atoms with Crippen LogP contribution in [0.1, 0.15) is 5.56 Å². The highest BCUT2D eigenvalue weighted by molar-refractivity contribution is 7.99.